The van der Waals surface area contributed by atoms with Crippen LogP contribution in [0.1, 0.15) is 26.3 Å². The molecule has 0 unspecified atom stereocenters. The minimum atomic E-state index is -2.94. The van der Waals surface area contributed by atoms with Crippen molar-refractivity contribution in [2.75, 3.05) is 27.0 Å². The third kappa shape index (κ3) is 7.17. The highest BCUT2D eigenvalue weighted by atomic mass is 127. The molecule has 1 aliphatic heterocycles. The Morgan fingerprint density at radius 2 is 1.93 bits per heavy atom. The number of fused-ring (bicyclic) bond motifs is 1. The Bertz CT molecular complexity index is 645. The third-order valence-electron chi connectivity index (χ3n) is 3.76. The minimum Gasteiger partial charge on any atom is -0.454 e. The van der Waals surface area contributed by atoms with E-state index in [-0.39, 0.29) is 48.7 Å². The summed E-state index contributed by atoms with van der Waals surface area (Å²) in [6, 6.07) is 3.00. The van der Waals surface area contributed by atoms with Crippen molar-refractivity contribution in [1.29, 1.82) is 0 Å². The Morgan fingerprint density at radius 1 is 1.26 bits per heavy atom. The van der Waals surface area contributed by atoms with E-state index < -0.39 is 6.61 Å². The Hall–Kier alpha value is -1.56. The van der Waals surface area contributed by atoms with E-state index in [0.717, 1.165) is 0 Å². The molecule has 0 bridgehead atoms. The zero-order chi connectivity index (χ0) is 19.2. The Morgan fingerprint density at radius 3 is 2.52 bits per heavy atom. The van der Waals surface area contributed by atoms with Crippen LogP contribution in [0.3, 0.4) is 0 Å². The molecule has 10 heteroatoms. The van der Waals surface area contributed by atoms with Gasteiger partial charge in [0, 0.05) is 31.8 Å². The monoisotopic (exact) mass is 501 g/mol. The largest absolute Gasteiger partial charge is 0.454 e. The fourth-order valence-corrected chi connectivity index (χ4v) is 2.17. The zero-order valence-corrected chi connectivity index (χ0v) is 18.1. The number of halogens is 3. The maximum Gasteiger partial charge on any atom is 0.387 e. The van der Waals surface area contributed by atoms with Gasteiger partial charge < -0.3 is 29.6 Å². The van der Waals surface area contributed by atoms with Crippen molar-refractivity contribution >= 4 is 29.9 Å². The van der Waals surface area contributed by atoms with Crippen molar-refractivity contribution in [3.63, 3.8) is 0 Å². The van der Waals surface area contributed by atoms with E-state index in [9.17, 15) is 8.78 Å². The standard InChI is InChI=1S/C17H25F2N3O4.HI/c1-5-20-16(22-9-17(2,3)23-4)21-8-11-6-13-14(25-10-24-13)7-12(11)26-15(18)19;/h6-7,15H,5,8-10H2,1-4H3,(H2,20,21,22);1H. The first kappa shape index (κ1) is 23.5. The number of nitrogens with one attached hydrogen (secondary N) is 2. The summed E-state index contributed by atoms with van der Waals surface area (Å²) in [5, 5.41) is 6.26. The van der Waals surface area contributed by atoms with Crippen molar-refractivity contribution in [3.8, 4) is 17.2 Å². The summed E-state index contributed by atoms with van der Waals surface area (Å²) in [6.07, 6.45) is 0. The molecule has 7 nitrogen and oxygen atoms in total. The summed E-state index contributed by atoms with van der Waals surface area (Å²) in [5.74, 6) is 1.41. The molecular formula is C17H26F2IN3O4. The molecule has 1 aromatic rings. The van der Waals surface area contributed by atoms with Gasteiger partial charge in [-0.05, 0) is 26.8 Å². The predicted octanol–water partition coefficient (Wildman–Crippen LogP) is 3.11. The van der Waals surface area contributed by atoms with Crippen molar-refractivity contribution in [2.24, 2.45) is 4.99 Å². The van der Waals surface area contributed by atoms with Gasteiger partial charge in [0.1, 0.15) is 5.75 Å². The molecule has 0 amide bonds. The van der Waals surface area contributed by atoms with Crippen molar-refractivity contribution < 1.29 is 27.7 Å². The molecule has 0 spiro atoms. The number of rotatable bonds is 8. The molecule has 0 radical (unpaired) electrons. The summed E-state index contributed by atoms with van der Waals surface area (Å²) in [4.78, 5) is 4.43. The van der Waals surface area contributed by atoms with E-state index in [1.54, 1.807) is 13.2 Å². The number of methoxy groups -OCH3 is 1. The summed E-state index contributed by atoms with van der Waals surface area (Å²) >= 11 is 0. The predicted molar refractivity (Wildman–Crippen MR) is 109 cm³/mol. The Balaban J connectivity index is 0.00000364. The van der Waals surface area contributed by atoms with E-state index in [4.69, 9.17) is 14.2 Å². The molecule has 0 atom stereocenters. The highest BCUT2D eigenvalue weighted by Gasteiger charge is 2.20. The van der Waals surface area contributed by atoms with Crippen LogP contribution in [0.2, 0.25) is 0 Å². The quantitative estimate of drug-likeness (QED) is 0.324. The van der Waals surface area contributed by atoms with E-state index in [0.29, 0.717) is 36.1 Å². The van der Waals surface area contributed by atoms with Crippen LogP contribution in [-0.4, -0.2) is 45.2 Å². The minimum absolute atomic E-state index is 0. The smallest absolute Gasteiger partial charge is 0.387 e. The van der Waals surface area contributed by atoms with Gasteiger partial charge in [0.15, 0.2) is 17.5 Å². The number of hydrogen-bond donors (Lipinski definition) is 2. The molecule has 0 saturated heterocycles. The average Bonchev–Trinajstić information content (AvgIpc) is 3.04. The second kappa shape index (κ2) is 10.7. The Labute approximate surface area is 174 Å². The van der Waals surface area contributed by atoms with Crippen LogP contribution in [0.5, 0.6) is 17.2 Å². The van der Waals surface area contributed by atoms with Gasteiger partial charge in [-0.15, -0.1) is 24.0 Å². The molecule has 1 aliphatic rings. The van der Waals surface area contributed by atoms with Crippen LogP contribution in [0.25, 0.3) is 0 Å². The summed E-state index contributed by atoms with van der Waals surface area (Å²) in [7, 11) is 1.63. The van der Waals surface area contributed by atoms with Gasteiger partial charge in [-0.1, -0.05) is 0 Å². The van der Waals surface area contributed by atoms with Crippen LogP contribution < -0.4 is 24.8 Å². The van der Waals surface area contributed by atoms with Gasteiger partial charge in [-0.25, -0.2) is 4.99 Å². The van der Waals surface area contributed by atoms with Gasteiger partial charge >= 0.3 is 6.61 Å². The van der Waals surface area contributed by atoms with Gasteiger partial charge in [-0.2, -0.15) is 8.78 Å². The van der Waals surface area contributed by atoms with Gasteiger partial charge in [0.2, 0.25) is 6.79 Å². The van der Waals surface area contributed by atoms with Crippen LogP contribution in [0.15, 0.2) is 17.1 Å². The van der Waals surface area contributed by atoms with Crippen molar-refractivity contribution in [1.82, 2.24) is 10.6 Å². The lowest BCUT2D eigenvalue weighted by atomic mass is 10.1. The molecule has 2 N–H and O–H groups in total. The van der Waals surface area contributed by atoms with Gasteiger partial charge in [-0.3, -0.25) is 0 Å². The van der Waals surface area contributed by atoms with Crippen LogP contribution >= 0.6 is 24.0 Å². The lowest BCUT2D eigenvalue weighted by Gasteiger charge is -2.24. The molecule has 2 rings (SSSR count). The number of aliphatic imine (C=N–C) groups is 1. The molecule has 27 heavy (non-hydrogen) atoms. The molecule has 0 fully saturated rings. The summed E-state index contributed by atoms with van der Waals surface area (Å²) in [5.41, 5.74) is 0.0940. The lowest BCUT2D eigenvalue weighted by molar-refractivity contribution is -0.0505. The number of hydrogen-bond acceptors (Lipinski definition) is 5. The lowest BCUT2D eigenvalue weighted by Crippen LogP contribution is -2.45. The molecule has 1 heterocycles. The average molecular weight is 501 g/mol. The van der Waals surface area contributed by atoms with Gasteiger partial charge in [0.25, 0.3) is 0 Å². The van der Waals surface area contributed by atoms with Crippen molar-refractivity contribution in [3.05, 3.63) is 17.7 Å². The molecular weight excluding hydrogens is 475 g/mol. The van der Waals surface area contributed by atoms with E-state index in [2.05, 4.69) is 20.4 Å². The summed E-state index contributed by atoms with van der Waals surface area (Å²) in [6.45, 7) is 4.23. The molecule has 0 saturated carbocycles. The number of alkyl halides is 2. The molecule has 0 aromatic heterocycles. The third-order valence-corrected chi connectivity index (χ3v) is 3.76. The fourth-order valence-electron chi connectivity index (χ4n) is 2.17. The maximum absolute atomic E-state index is 12.7. The maximum atomic E-state index is 12.7. The number of guanidine groups is 1. The fraction of sp³-hybridized carbons (Fsp3) is 0.588. The number of benzene rings is 1. The van der Waals surface area contributed by atoms with Gasteiger partial charge in [0.05, 0.1) is 12.1 Å². The van der Waals surface area contributed by atoms with Crippen LogP contribution in [0, 0.1) is 0 Å². The van der Waals surface area contributed by atoms with E-state index in [1.165, 1.54) is 6.07 Å². The number of nitrogens with zero attached hydrogens (tertiary/aromatic N) is 1. The molecule has 0 aliphatic carbocycles. The normalized spacial score (nSPS) is 13.4. The first-order valence-electron chi connectivity index (χ1n) is 8.29. The van der Waals surface area contributed by atoms with Crippen LogP contribution in [0.4, 0.5) is 8.78 Å². The second-order valence-electron chi connectivity index (χ2n) is 6.20. The highest BCUT2D eigenvalue weighted by Crippen LogP contribution is 2.39. The first-order chi connectivity index (χ1) is 12.3. The topological polar surface area (TPSA) is 73.3 Å². The first-order valence-corrected chi connectivity index (χ1v) is 8.29. The van der Waals surface area contributed by atoms with Crippen molar-refractivity contribution in [2.45, 2.75) is 39.5 Å². The molecule has 154 valence electrons. The summed E-state index contributed by atoms with van der Waals surface area (Å²) < 4.78 is 45.9. The highest BCUT2D eigenvalue weighted by molar-refractivity contribution is 14.0. The SMILES string of the molecule is CCNC(=NCc1cc2c(cc1OC(F)F)OCO2)NCC(C)(C)OC.I. The zero-order valence-electron chi connectivity index (χ0n) is 15.8. The van der Waals surface area contributed by atoms with Crippen LogP contribution in [-0.2, 0) is 11.3 Å². The van der Waals surface area contributed by atoms with E-state index in [1.807, 2.05) is 20.8 Å². The number of ether oxygens (including phenoxy) is 4. The molecule has 1 aromatic carbocycles. The second-order valence-corrected chi connectivity index (χ2v) is 6.20. The Kier molecular flexibility index (Phi) is 9.30. The van der Waals surface area contributed by atoms with E-state index >= 15 is 0 Å².